The second-order valence-electron chi connectivity index (χ2n) is 5.19. The Kier molecular flexibility index (Phi) is 3.85. The zero-order valence-corrected chi connectivity index (χ0v) is 10.8. The highest BCUT2D eigenvalue weighted by Crippen LogP contribution is 2.27. The topological polar surface area (TPSA) is 40.5 Å². The molecule has 1 aliphatic heterocycles. The van der Waals surface area contributed by atoms with Crippen LogP contribution in [0.25, 0.3) is 0 Å². The van der Waals surface area contributed by atoms with Crippen LogP contribution in [0.2, 0.25) is 0 Å². The number of aliphatic carboxylic acids is 1. The molecule has 0 aliphatic carbocycles. The van der Waals surface area contributed by atoms with Gasteiger partial charge in [0.15, 0.2) is 0 Å². The third kappa shape index (κ3) is 2.76. The van der Waals surface area contributed by atoms with Crippen molar-refractivity contribution in [2.75, 3.05) is 13.1 Å². The summed E-state index contributed by atoms with van der Waals surface area (Å²) < 4.78 is 26.6. The van der Waals surface area contributed by atoms with Gasteiger partial charge in [0.05, 0.1) is 0 Å². The molecule has 1 aliphatic rings. The number of rotatable bonds is 4. The number of halogens is 2. The fourth-order valence-electron chi connectivity index (χ4n) is 2.57. The van der Waals surface area contributed by atoms with Gasteiger partial charge in [-0.2, -0.15) is 0 Å². The lowest BCUT2D eigenvalue weighted by atomic mass is 9.91. The van der Waals surface area contributed by atoms with Crippen molar-refractivity contribution in [2.24, 2.45) is 0 Å². The first kappa shape index (κ1) is 13.9. The maximum absolute atomic E-state index is 13.7. The summed E-state index contributed by atoms with van der Waals surface area (Å²) in [6, 6.07) is 3.27. The molecule has 1 heterocycles. The highest BCUT2D eigenvalue weighted by Gasteiger charge is 2.41. The van der Waals surface area contributed by atoms with E-state index in [1.807, 2.05) is 4.90 Å². The molecule has 5 heteroatoms. The molecule has 0 aromatic heterocycles. The predicted octanol–water partition coefficient (Wildman–Crippen LogP) is 2.45. The van der Waals surface area contributed by atoms with E-state index >= 15 is 0 Å². The molecule has 19 heavy (non-hydrogen) atoms. The number of carboxylic acids is 1. The molecule has 0 saturated carbocycles. The largest absolute Gasteiger partial charge is 0.480 e. The first-order valence-corrected chi connectivity index (χ1v) is 6.36. The van der Waals surface area contributed by atoms with E-state index in [2.05, 4.69) is 0 Å². The van der Waals surface area contributed by atoms with E-state index in [0.29, 0.717) is 13.1 Å². The van der Waals surface area contributed by atoms with Crippen LogP contribution >= 0.6 is 0 Å². The van der Waals surface area contributed by atoms with Crippen molar-refractivity contribution in [1.29, 1.82) is 0 Å². The predicted molar refractivity (Wildman–Crippen MR) is 66.9 cm³/mol. The lowest BCUT2D eigenvalue weighted by Crippen LogP contribution is -2.52. The van der Waals surface area contributed by atoms with Gasteiger partial charge in [-0.15, -0.1) is 0 Å². The first-order chi connectivity index (χ1) is 8.93. The van der Waals surface area contributed by atoms with E-state index < -0.39 is 23.1 Å². The molecule has 3 nitrogen and oxygen atoms in total. The van der Waals surface area contributed by atoms with Gasteiger partial charge in [-0.05, 0) is 44.5 Å². The Morgan fingerprint density at radius 2 is 2.00 bits per heavy atom. The second-order valence-corrected chi connectivity index (χ2v) is 5.19. The zero-order valence-electron chi connectivity index (χ0n) is 10.8. The molecule has 0 bridgehead atoms. The monoisotopic (exact) mass is 269 g/mol. The smallest absolute Gasteiger partial charge is 0.324 e. The number of carbonyl (C=O) groups is 1. The minimum atomic E-state index is -1.14. The summed E-state index contributed by atoms with van der Waals surface area (Å²) in [7, 11) is 0. The van der Waals surface area contributed by atoms with Gasteiger partial charge in [-0.3, -0.25) is 9.69 Å². The number of hydrogen-bond acceptors (Lipinski definition) is 2. The van der Waals surface area contributed by atoms with Crippen LogP contribution in [-0.2, 0) is 11.2 Å². The van der Waals surface area contributed by atoms with E-state index in [-0.39, 0.29) is 12.0 Å². The molecule has 0 spiro atoms. The standard InChI is InChI=1S/C14H17F2NO2/c1-14(13(18)19,17-6-2-3-7-17)9-10-4-5-11(15)8-12(10)16/h4-5,8H,2-3,6-7,9H2,1H3,(H,18,19). The SMILES string of the molecule is CC(Cc1ccc(F)cc1F)(C(=O)O)N1CCCC1. The van der Waals surface area contributed by atoms with Crippen molar-refractivity contribution < 1.29 is 18.7 Å². The normalized spacial score (nSPS) is 19.3. The number of nitrogens with zero attached hydrogens (tertiary/aromatic N) is 1. The van der Waals surface area contributed by atoms with Gasteiger partial charge >= 0.3 is 5.97 Å². The Labute approximate surface area is 110 Å². The van der Waals surface area contributed by atoms with Gasteiger partial charge in [0.1, 0.15) is 17.2 Å². The summed E-state index contributed by atoms with van der Waals surface area (Å²) in [5.74, 6) is -2.32. The van der Waals surface area contributed by atoms with E-state index in [9.17, 15) is 18.7 Å². The third-order valence-corrected chi connectivity index (χ3v) is 3.81. The van der Waals surface area contributed by atoms with Crippen molar-refractivity contribution >= 4 is 5.97 Å². The molecule has 1 aromatic carbocycles. The van der Waals surface area contributed by atoms with Crippen LogP contribution in [0, 0.1) is 11.6 Å². The lowest BCUT2D eigenvalue weighted by molar-refractivity contribution is -0.149. The molecule has 0 radical (unpaired) electrons. The molecule has 1 N–H and O–H groups in total. The van der Waals surface area contributed by atoms with Gasteiger partial charge in [0, 0.05) is 12.5 Å². The minimum Gasteiger partial charge on any atom is -0.480 e. The fraction of sp³-hybridized carbons (Fsp3) is 0.500. The van der Waals surface area contributed by atoms with Crippen LogP contribution in [0.1, 0.15) is 25.3 Å². The maximum atomic E-state index is 13.7. The molecule has 1 unspecified atom stereocenters. The van der Waals surface area contributed by atoms with Gasteiger partial charge in [-0.1, -0.05) is 6.07 Å². The summed E-state index contributed by atoms with van der Waals surface area (Å²) in [4.78, 5) is 13.4. The summed E-state index contributed by atoms with van der Waals surface area (Å²) in [5, 5.41) is 9.46. The highest BCUT2D eigenvalue weighted by atomic mass is 19.1. The van der Waals surface area contributed by atoms with Crippen molar-refractivity contribution in [3.8, 4) is 0 Å². The molecular weight excluding hydrogens is 252 g/mol. The van der Waals surface area contributed by atoms with E-state index in [0.717, 1.165) is 25.0 Å². The zero-order chi connectivity index (χ0) is 14.0. The Morgan fingerprint density at radius 3 is 2.53 bits per heavy atom. The number of likely N-dealkylation sites (tertiary alicyclic amines) is 1. The maximum Gasteiger partial charge on any atom is 0.324 e. The van der Waals surface area contributed by atoms with Gasteiger partial charge in [0.25, 0.3) is 0 Å². The van der Waals surface area contributed by atoms with E-state index in [1.54, 1.807) is 6.92 Å². The Bertz CT molecular complexity index is 486. The van der Waals surface area contributed by atoms with Crippen molar-refractivity contribution in [2.45, 2.75) is 31.7 Å². The highest BCUT2D eigenvalue weighted by molar-refractivity contribution is 5.78. The molecule has 1 fully saturated rings. The number of carboxylic acid groups (broad SMARTS) is 1. The van der Waals surface area contributed by atoms with Crippen molar-refractivity contribution in [3.05, 3.63) is 35.4 Å². The van der Waals surface area contributed by atoms with Crippen molar-refractivity contribution in [1.82, 2.24) is 4.90 Å². The molecular formula is C14H17F2NO2. The number of hydrogen-bond donors (Lipinski definition) is 1. The fourth-order valence-corrected chi connectivity index (χ4v) is 2.57. The summed E-state index contributed by atoms with van der Waals surface area (Å²) in [6.07, 6.45) is 1.94. The summed E-state index contributed by atoms with van der Waals surface area (Å²) >= 11 is 0. The molecule has 1 atom stereocenters. The molecule has 104 valence electrons. The first-order valence-electron chi connectivity index (χ1n) is 6.36. The molecule has 1 saturated heterocycles. The summed E-state index contributed by atoms with van der Waals surface area (Å²) in [5.41, 5.74) is -0.909. The van der Waals surface area contributed by atoms with Crippen LogP contribution in [0.5, 0.6) is 0 Å². The average Bonchev–Trinajstić information content (AvgIpc) is 2.86. The second kappa shape index (κ2) is 5.25. The van der Waals surface area contributed by atoms with E-state index in [4.69, 9.17) is 0 Å². The Hall–Kier alpha value is -1.49. The third-order valence-electron chi connectivity index (χ3n) is 3.81. The molecule has 0 amide bonds. The number of benzene rings is 1. The minimum absolute atomic E-state index is 0.0362. The Balaban J connectivity index is 2.27. The van der Waals surface area contributed by atoms with Gasteiger partial charge < -0.3 is 5.11 Å². The van der Waals surface area contributed by atoms with Crippen LogP contribution in [0.4, 0.5) is 8.78 Å². The van der Waals surface area contributed by atoms with Crippen molar-refractivity contribution in [3.63, 3.8) is 0 Å². The average molecular weight is 269 g/mol. The van der Waals surface area contributed by atoms with E-state index in [1.165, 1.54) is 6.07 Å². The van der Waals surface area contributed by atoms with Crippen LogP contribution in [0.3, 0.4) is 0 Å². The summed E-state index contributed by atoms with van der Waals surface area (Å²) in [6.45, 7) is 3.00. The Morgan fingerprint density at radius 1 is 1.37 bits per heavy atom. The van der Waals surface area contributed by atoms with Gasteiger partial charge in [0.2, 0.25) is 0 Å². The van der Waals surface area contributed by atoms with Crippen LogP contribution in [-0.4, -0.2) is 34.6 Å². The van der Waals surface area contributed by atoms with Crippen LogP contribution in [0.15, 0.2) is 18.2 Å². The van der Waals surface area contributed by atoms with Gasteiger partial charge in [-0.25, -0.2) is 8.78 Å². The quantitative estimate of drug-likeness (QED) is 0.912. The lowest BCUT2D eigenvalue weighted by Gasteiger charge is -2.35. The molecule has 2 rings (SSSR count). The van der Waals surface area contributed by atoms with Crippen LogP contribution < -0.4 is 0 Å². The molecule has 1 aromatic rings.